The molecule has 2 rings (SSSR count). The SMILES string of the molecule is Cc1nsc(NCC2(C(=O)O)CC2)n1. The number of nitrogens with zero attached hydrogens (tertiary/aromatic N) is 2. The predicted molar refractivity (Wildman–Crippen MR) is 52.4 cm³/mol. The highest BCUT2D eigenvalue weighted by molar-refractivity contribution is 7.09. The van der Waals surface area contributed by atoms with Gasteiger partial charge in [-0.2, -0.15) is 4.37 Å². The van der Waals surface area contributed by atoms with E-state index in [1.807, 2.05) is 6.92 Å². The van der Waals surface area contributed by atoms with Crippen molar-refractivity contribution in [1.29, 1.82) is 0 Å². The Morgan fingerprint density at radius 2 is 2.43 bits per heavy atom. The van der Waals surface area contributed by atoms with Crippen LogP contribution in [0.25, 0.3) is 0 Å². The Hall–Kier alpha value is -1.17. The minimum absolute atomic E-state index is 0.455. The molecule has 0 saturated heterocycles. The van der Waals surface area contributed by atoms with Crippen molar-refractivity contribution in [3.63, 3.8) is 0 Å². The van der Waals surface area contributed by atoms with Crippen molar-refractivity contribution in [2.75, 3.05) is 11.9 Å². The maximum atomic E-state index is 10.8. The molecule has 1 saturated carbocycles. The minimum atomic E-state index is -0.716. The lowest BCUT2D eigenvalue weighted by molar-refractivity contribution is -0.142. The molecule has 5 nitrogen and oxygen atoms in total. The van der Waals surface area contributed by atoms with Crippen LogP contribution in [0.2, 0.25) is 0 Å². The van der Waals surface area contributed by atoms with Gasteiger partial charge in [0.05, 0.1) is 5.41 Å². The topological polar surface area (TPSA) is 75.1 Å². The Balaban J connectivity index is 1.92. The van der Waals surface area contributed by atoms with Crippen LogP contribution >= 0.6 is 11.5 Å². The molecule has 76 valence electrons. The molecular formula is C8H11N3O2S. The fraction of sp³-hybridized carbons (Fsp3) is 0.625. The van der Waals surface area contributed by atoms with Gasteiger partial charge in [-0.15, -0.1) is 0 Å². The molecule has 0 aliphatic heterocycles. The molecule has 0 spiro atoms. The fourth-order valence-corrected chi connectivity index (χ4v) is 1.80. The number of carbonyl (C=O) groups is 1. The van der Waals surface area contributed by atoms with Crippen molar-refractivity contribution in [3.05, 3.63) is 5.82 Å². The van der Waals surface area contributed by atoms with Crippen LogP contribution in [0, 0.1) is 12.3 Å². The number of hydrogen-bond acceptors (Lipinski definition) is 5. The van der Waals surface area contributed by atoms with Gasteiger partial charge in [-0.05, 0) is 19.8 Å². The molecule has 0 aromatic carbocycles. The molecule has 1 aliphatic rings. The van der Waals surface area contributed by atoms with Crippen LogP contribution in [0.4, 0.5) is 5.13 Å². The molecule has 0 amide bonds. The molecule has 1 aromatic rings. The average Bonchev–Trinajstić information content (AvgIpc) is 2.82. The van der Waals surface area contributed by atoms with E-state index in [0.29, 0.717) is 11.7 Å². The van der Waals surface area contributed by atoms with E-state index in [9.17, 15) is 4.79 Å². The van der Waals surface area contributed by atoms with E-state index < -0.39 is 11.4 Å². The molecule has 0 radical (unpaired) electrons. The molecule has 0 atom stereocenters. The Morgan fingerprint density at radius 1 is 1.71 bits per heavy atom. The summed E-state index contributed by atoms with van der Waals surface area (Å²) in [6, 6.07) is 0. The second-order valence-corrected chi connectivity index (χ2v) is 4.34. The molecule has 14 heavy (non-hydrogen) atoms. The summed E-state index contributed by atoms with van der Waals surface area (Å²) in [7, 11) is 0. The summed E-state index contributed by atoms with van der Waals surface area (Å²) in [5.41, 5.74) is -0.542. The summed E-state index contributed by atoms with van der Waals surface area (Å²) < 4.78 is 4.00. The van der Waals surface area contributed by atoms with Crippen LogP contribution in [0.1, 0.15) is 18.7 Å². The lowest BCUT2D eigenvalue weighted by atomic mass is 10.1. The number of aryl methyl sites for hydroxylation is 1. The van der Waals surface area contributed by atoms with Gasteiger partial charge in [-0.3, -0.25) is 4.79 Å². The zero-order chi connectivity index (χ0) is 10.2. The van der Waals surface area contributed by atoms with Crippen LogP contribution in [-0.4, -0.2) is 27.0 Å². The summed E-state index contributed by atoms with van der Waals surface area (Å²) in [6.07, 6.45) is 1.51. The normalized spacial score (nSPS) is 17.8. The minimum Gasteiger partial charge on any atom is -0.481 e. The van der Waals surface area contributed by atoms with Gasteiger partial charge in [0.25, 0.3) is 0 Å². The molecule has 0 bridgehead atoms. The number of carboxylic acid groups (broad SMARTS) is 1. The van der Waals surface area contributed by atoms with Gasteiger partial charge in [0, 0.05) is 18.1 Å². The highest BCUT2D eigenvalue weighted by atomic mass is 32.1. The molecule has 2 N–H and O–H groups in total. The maximum absolute atomic E-state index is 10.8. The van der Waals surface area contributed by atoms with Crippen LogP contribution in [-0.2, 0) is 4.79 Å². The summed E-state index contributed by atoms with van der Waals surface area (Å²) in [5.74, 6) is 0.00362. The Labute approximate surface area is 85.3 Å². The number of nitrogens with one attached hydrogen (secondary N) is 1. The van der Waals surface area contributed by atoms with Crippen molar-refractivity contribution in [2.24, 2.45) is 5.41 Å². The van der Waals surface area contributed by atoms with Crippen molar-refractivity contribution >= 4 is 22.6 Å². The first-order valence-electron chi connectivity index (χ1n) is 4.40. The number of hydrogen-bond donors (Lipinski definition) is 2. The number of aliphatic carboxylic acids is 1. The van der Waals surface area contributed by atoms with Crippen LogP contribution in [0.3, 0.4) is 0 Å². The Bertz CT molecular complexity index is 359. The third-order valence-electron chi connectivity index (χ3n) is 2.41. The van der Waals surface area contributed by atoms with Crippen molar-refractivity contribution in [2.45, 2.75) is 19.8 Å². The zero-order valence-electron chi connectivity index (χ0n) is 7.78. The van der Waals surface area contributed by atoms with E-state index in [0.717, 1.165) is 18.7 Å². The van der Waals surface area contributed by atoms with Crippen molar-refractivity contribution < 1.29 is 9.90 Å². The summed E-state index contributed by atoms with van der Waals surface area (Å²) in [6.45, 7) is 2.27. The third-order valence-corrected chi connectivity index (χ3v) is 3.18. The zero-order valence-corrected chi connectivity index (χ0v) is 8.60. The van der Waals surface area contributed by atoms with E-state index in [2.05, 4.69) is 14.7 Å². The molecule has 6 heteroatoms. The summed E-state index contributed by atoms with van der Waals surface area (Å²) >= 11 is 1.26. The quantitative estimate of drug-likeness (QED) is 0.784. The number of aromatic nitrogens is 2. The van der Waals surface area contributed by atoms with E-state index in [1.54, 1.807) is 0 Å². The molecule has 1 heterocycles. The standard InChI is InChI=1S/C8H11N3O2S/c1-5-10-7(14-11-5)9-4-8(2-3-8)6(12)13/h2-4H2,1H3,(H,12,13)(H,9,10,11). The number of anilines is 1. The molecule has 1 aliphatic carbocycles. The van der Waals surface area contributed by atoms with Gasteiger partial charge in [0.15, 0.2) is 0 Å². The number of rotatable bonds is 4. The highest BCUT2D eigenvalue weighted by Crippen LogP contribution is 2.45. The van der Waals surface area contributed by atoms with Gasteiger partial charge < -0.3 is 10.4 Å². The molecule has 1 fully saturated rings. The van der Waals surface area contributed by atoms with Crippen molar-refractivity contribution in [1.82, 2.24) is 9.36 Å². The van der Waals surface area contributed by atoms with Gasteiger partial charge in [0.1, 0.15) is 5.82 Å². The van der Waals surface area contributed by atoms with Gasteiger partial charge in [0.2, 0.25) is 5.13 Å². The van der Waals surface area contributed by atoms with E-state index in [4.69, 9.17) is 5.11 Å². The third kappa shape index (κ3) is 1.70. The summed E-state index contributed by atoms with van der Waals surface area (Å²) in [5, 5.41) is 12.6. The Morgan fingerprint density at radius 3 is 2.86 bits per heavy atom. The van der Waals surface area contributed by atoms with Gasteiger partial charge >= 0.3 is 5.97 Å². The molecular weight excluding hydrogens is 202 g/mol. The first-order chi connectivity index (χ1) is 6.62. The smallest absolute Gasteiger partial charge is 0.311 e. The first-order valence-corrected chi connectivity index (χ1v) is 5.17. The molecule has 1 aromatic heterocycles. The van der Waals surface area contributed by atoms with E-state index >= 15 is 0 Å². The highest BCUT2D eigenvalue weighted by Gasteiger charge is 2.50. The second-order valence-electron chi connectivity index (χ2n) is 3.59. The molecule has 0 unspecified atom stereocenters. The monoisotopic (exact) mass is 213 g/mol. The number of carboxylic acids is 1. The van der Waals surface area contributed by atoms with Crippen molar-refractivity contribution in [3.8, 4) is 0 Å². The van der Waals surface area contributed by atoms with Gasteiger partial charge in [-0.25, -0.2) is 4.98 Å². The Kier molecular flexibility index (Phi) is 2.14. The van der Waals surface area contributed by atoms with Crippen LogP contribution in [0.5, 0.6) is 0 Å². The lowest BCUT2D eigenvalue weighted by Gasteiger charge is -2.08. The largest absolute Gasteiger partial charge is 0.481 e. The van der Waals surface area contributed by atoms with Gasteiger partial charge in [-0.1, -0.05) is 0 Å². The lowest BCUT2D eigenvalue weighted by Crippen LogP contribution is -2.24. The predicted octanol–water partition coefficient (Wildman–Crippen LogP) is 1.12. The van der Waals surface area contributed by atoms with Crippen LogP contribution in [0.15, 0.2) is 0 Å². The second kappa shape index (κ2) is 3.20. The summed E-state index contributed by atoms with van der Waals surface area (Å²) in [4.78, 5) is 14.9. The average molecular weight is 213 g/mol. The van der Waals surface area contributed by atoms with Crippen LogP contribution < -0.4 is 5.32 Å². The fourth-order valence-electron chi connectivity index (χ4n) is 1.23. The van der Waals surface area contributed by atoms with E-state index in [1.165, 1.54) is 11.5 Å². The first kappa shape index (κ1) is 9.39. The maximum Gasteiger partial charge on any atom is 0.311 e. The van der Waals surface area contributed by atoms with E-state index in [-0.39, 0.29) is 0 Å².